The number of thiocarbonyl (C=S) groups is 1. The van der Waals surface area contributed by atoms with Crippen LogP contribution in [0, 0.1) is 6.92 Å². The van der Waals surface area contributed by atoms with E-state index in [2.05, 4.69) is 16.2 Å². The molecule has 7 heteroatoms. The summed E-state index contributed by atoms with van der Waals surface area (Å²) in [7, 11) is 0. The Balaban J connectivity index is 1.45. The Kier molecular flexibility index (Phi) is 7.13. The molecule has 6 nitrogen and oxygen atoms in total. The number of rotatable bonds is 5. The number of carbonyl (C=O) groups is 2. The van der Waals surface area contributed by atoms with Gasteiger partial charge in [-0.1, -0.05) is 60.7 Å². The zero-order valence-corrected chi connectivity index (χ0v) is 17.2. The topological polar surface area (TPSA) is 79.5 Å². The predicted octanol–water partition coefficient (Wildman–Crippen LogP) is 3.26. The Morgan fingerprint density at radius 1 is 0.967 bits per heavy atom. The molecule has 0 heterocycles. The molecule has 0 fully saturated rings. The van der Waals surface area contributed by atoms with E-state index in [9.17, 15) is 9.59 Å². The maximum absolute atomic E-state index is 12.1. The summed E-state index contributed by atoms with van der Waals surface area (Å²) in [4.78, 5) is 24.0. The van der Waals surface area contributed by atoms with Crippen LogP contribution in [0.25, 0.3) is 16.8 Å². The van der Waals surface area contributed by atoms with Crippen molar-refractivity contribution in [3.05, 3.63) is 83.9 Å². The molecule has 0 aliphatic carbocycles. The molecule has 30 heavy (non-hydrogen) atoms. The first-order valence-electron chi connectivity index (χ1n) is 9.27. The van der Waals surface area contributed by atoms with Gasteiger partial charge in [-0.05, 0) is 53.2 Å². The first kappa shape index (κ1) is 21.0. The quantitative estimate of drug-likeness (QED) is 0.336. The highest BCUT2D eigenvalue weighted by atomic mass is 32.1. The summed E-state index contributed by atoms with van der Waals surface area (Å²) in [5.41, 5.74) is 6.71. The Labute approximate surface area is 179 Å². The maximum atomic E-state index is 12.1. The minimum Gasteiger partial charge on any atom is -0.483 e. The fourth-order valence-corrected chi connectivity index (χ4v) is 2.92. The van der Waals surface area contributed by atoms with Crippen LogP contribution in [0.15, 0.2) is 72.8 Å². The average Bonchev–Trinajstić information content (AvgIpc) is 2.75. The van der Waals surface area contributed by atoms with Crippen LogP contribution in [0.2, 0.25) is 0 Å². The fourth-order valence-electron chi connectivity index (χ4n) is 2.77. The lowest BCUT2D eigenvalue weighted by molar-refractivity contribution is -0.123. The SMILES string of the molecule is Cc1ccccc1OCC(=O)NNC(=S)NC(=O)/C=C/c1cccc2ccccc12. The van der Waals surface area contributed by atoms with Crippen LogP contribution < -0.4 is 20.9 Å². The van der Waals surface area contributed by atoms with Crippen LogP contribution in [0.1, 0.15) is 11.1 Å². The predicted molar refractivity (Wildman–Crippen MR) is 122 cm³/mol. The van der Waals surface area contributed by atoms with Gasteiger partial charge >= 0.3 is 0 Å². The Hall–Kier alpha value is -3.71. The highest BCUT2D eigenvalue weighted by Crippen LogP contribution is 2.19. The lowest BCUT2D eigenvalue weighted by Gasteiger charge is -2.11. The molecule has 0 aromatic heterocycles. The summed E-state index contributed by atoms with van der Waals surface area (Å²) < 4.78 is 5.44. The molecule has 0 aliphatic rings. The van der Waals surface area contributed by atoms with Gasteiger partial charge in [0.1, 0.15) is 5.75 Å². The number of nitrogens with one attached hydrogen (secondary N) is 3. The van der Waals surface area contributed by atoms with Gasteiger partial charge in [0.2, 0.25) is 5.91 Å². The van der Waals surface area contributed by atoms with E-state index in [-0.39, 0.29) is 11.7 Å². The number of hydrogen-bond donors (Lipinski definition) is 3. The van der Waals surface area contributed by atoms with Crippen molar-refractivity contribution in [1.29, 1.82) is 0 Å². The van der Waals surface area contributed by atoms with Crippen molar-refractivity contribution in [3.8, 4) is 5.75 Å². The van der Waals surface area contributed by atoms with E-state index < -0.39 is 11.8 Å². The second kappa shape index (κ2) is 10.2. The van der Waals surface area contributed by atoms with Gasteiger partial charge in [0.15, 0.2) is 11.7 Å². The number of aryl methyl sites for hydroxylation is 1. The van der Waals surface area contributed by atoms with Crippen molar-refractivity contribution in [3.63, 3.8) is 0 Å². The number of hydrazine groups is 1. The van der Waals surface area contributed by atoms with Crippen LogP contribution >= 0.6 is 12.2 Å². The van der Waals surface area contributed by atoms with Gasteiger partial charge in [0.25, 0.3) is 5.91 Å². The Morgan fingerprint density at radius 3 is 2.53 bits per heavy atom. The largest absolute Gasteiger partial charge is 0.483 e. The molecule has 0 aliphatic heterocycles. The van der Waals surface area contributed by atoms with E-state index in [0.717, 1.165) is 21.9 Å². The minimum absolute atomic E-state index is 0.0215. The molecule has 3 N–H and O–H groups in total. The van der Waals surface area contributed by atoms with Crippen molar-refractivity contribution in [2.45, 2.75) is 6.92 Å². The van der Waals surface area contributed by atoms with E-state index in [1.165, 1.54) is 6.08 Å². The van der Waals surface area contributed by atoms with Gasteiger partial charge in [-0.2, -0.15) is 0 Å². The molecule has 152 valence electrons. The number of benzene rings is 3. The minimum atomic E-state index is -0.429. The molecule has 0 spiro atoms. The van der Waals surface area contributed by atoms with Crippen molar-refractivity contribution in [2.75, 3.05) is 6.61 Å². The van der Waals surface area contributed by atoms with Crippen molar-refractivity contribution in [2.24, 2.45) is 0 Å². The molecule has 0 atom stereocenters. The maximum Gasteiger partial charge on any atom is 0.276 e. The summed E-state index contributed by atoms with van der Waals surface area (Å²) in [5.74, 6) is -0.214. The van der Waals surface area contributed by atoms with Gasteiger partial charge in [0.05, 0.1) is 0 Å². The molecular weight excluding hydrogens is 398 g/mol. The van der Waals surface area contributed by atoms with Gasteiger partial charge in [-0.25, -0.2) is 0 Å². The molecule has 3 aromatic carbocycles. The zero-order valence-electron chi connectivity index (χ0n) is 16.3. The fraction of sp³-hybridized carbons (Fsp3) is 0.0870. The second-order valence-electron chi connectivity index (χ2n) is 6.45. The molecule has 3 rings (SSSR count). The first-order chi connectivity index (χ1) is 14.5. The summed E-state index contributed by atoms with van der Waals surface area (Å²) in [6, 6.07) is 21.2. The molecule has 0 saturated carbocycles. The standard InChI is InChI=1S/C23H21N3O3S/c1-16-7-2-5-12-20(16)29-15-22(28)25-26-23(30)24-21(27)14-13-18-10-6-9-17-8-3-4-11-19(17)18/h2-14H,15H2,1H3,(H,25,28)(H2,24,26,27,30)/b14-13+. The van der Waals surface area contributed by atoms with Gasteiger partial charge in [-0.15, -0.1) is 0 Å². The van der Waals surface area contributed by atoms with E-state index in [1.807, 2.05) is 67.6 Å². The number of carbonyl (C=O) groups excluding carboxylic acids is 2. The third kappa shape index (κ3) is 5.89. The smallest absolute Gasteiger partial charge is 0.276 e. The second-order valence-corrected chi connectivity index (χ2v) is 6.86. The number of para-hydroxylation sites is 1. The van der Waals surface area contributed by atoms with Crippen LogP contribution in [0.3, 0.4) is 0 Å². The summed E-state index contributed by atoms with van der Waals surface area (Å²) in [6.45, 7) is 1.71. The Morgan fingerprint density at radius 2 is 1.70 bits per heavy atom. The third-order valence-corrected chi connectivity index (χ3v) is 4.45. The number of fused-ring (bicyclic) bond motifs is 1. The normalized spacial score (nSPS) is 10.6. The molecule has 0 radical (unpaired) electrons. The lowest BCUT2D eigenvalue weighted by atomic mass is 10.0. The van der Waals surface area contributed by atoms with E-state index in [1.54, 1.807) is 12.1 Å². The van der Waals surface area contributed by atoms with Gasteiger partial charge in [0, 0.05) is 6.08 Å². The van der Waals surface area contributed by atoms with Crippen LogP contribution in [-0.4, -0.2) is 23.5 Å². The Bertz CT molecular complexity index is 1110. The molecule has 3 aromatic rings. The molecular formula is C23H21N3O3S. The zero-order chi connectivity index (χ0) is 21.3. The number of ether oxygens (including phenoxy) is 1. The molecule has 0 bridgehead atoms. The summed E-state index contributed by atoms with van der Waals surface area (Å²) >= 11 is 5.02. The highest BCUT2D eigenvalue weighted by Gasteiger charge is 2.06. The van der Waals surface area contributed by atoms with Crippen molar-refractivity contribution in [1.82, 2.24) is 16.2 Å². The van der Waals surface area contributed by atoms with E-state index in [0.29, 0.717) is 5.75 Å². The summed E-state index contributed by atoms with van der Waals surface area (Å²) in [5, 5.41) is 4.59. The van der Waals surface area contributed by atoms with E-state index in [4.69, 9.17) is 17.0 Å². The van der Waals surface area contributed by atoms with Crippen molar-refractivity contribution < 1.29 is 14.3 Å². The van der Waals surface area contributed by atoms with Gasteiger partial charge in [-0.3, -0.25) is 25.8 Å². The average molecular weight is 420 g/mol. The number of hydrogen-bond acceptors (Lipinski definition) is 4. The van der Waals surface area contributed by atoms with Crippen LogP contribution in [-0.2, 0) is 9.59 Å². The monoisotopic (exact) mass is 419 g/mol. The van der Waals surface area contributed by atoms with Crippen molar-refractivity contribution >= 4 is 46.0 Å². The number of amides is 2. The van der Waals surface area contributed by atoms with E-state index >= 15 is 0 Å². The highest BCUT2D eigenvalue weighted by molar-refractivity contribution is 7.80. The van der Waals surface area contributed by atoms with Crippen LogP contribution in [0.5, 0.6) is 5.75 Å². The van der Waals surface area contributed by atoms with Crippen LogP contribution in [0.4, 0.5) is 0 Å². The molecule has 0 unspecified atom stereocenters. The third-order valence-electron chi connectivity index (χ3n) is 4.24. The molecule has 2 amide bonds. The lowest BCUT2D eigenvalue weighted by Crippen LogP contribution is -2.49. The molecule has 0 saturated heterocycles. The summed E-state index contributed by atoms with van der Waals surface area (Å²) in [6.07, 6.45) is 3.10. The van der Waals surface area contributed by atoms with Gasteiger partial charge < -0.3 is 4.74 Å². The first-order valence-corrected chi connectivity index (χ1v) is 9.68.